The fraction of sp³-hybridized carbons (Fsp3) is 0.0769. The lowest BCUT2D eigenvalue weighted by atomic mass is 10.2. The Hall–Kier alpha value is -1.42. The van der Waals surface area contributed by atoms with Crippen molar-refractivity contribution in [3.63, 3.8) is 0 Å². The zero-order chi connectivity index (χ0) is 12.3. The number of halogens is 3. The Labute approximate surface area is 106 Å². The minimum Gasteiger partial charge on any atom is -0.457 e. The molecule has 0 heterocycles. The van der Waals surface area contributed by atoms with Crippen molar-refractivity contribution in [3.8, 4) is 11.5 Å². The molecule has 0 aliphatic heterocycles. The molecule has 17 heavy (non-hydrogen) atoms. The van der Waals surface area contributed by atoms with Gasteiger partial charge in [0, 0.05) is 29.1 Å². The number of rotatable bonds is 3. The van der Waals surface area contributed by atoms with Crippen LogP contribution in [0.2, 0.25) is 0 Å². The van der Waals surface area contributed by atoms with Crippen molar-refractivity contribution in [3.05, 3.63) is 59.7 Å². The molecule has 0 spiro atoms. The maximum atomic E-state index is 13.0. The van der Waals surface area contributed by atoms with Crippen LogP contribution in [-0.4, -0.2) is 0 Å². The van der Waals surface area contributed by atoms with E-state index in [0.29, 0.717) is 11.1 Å². The summed E-state index contributed by atoms with van der Waals surface area (Å²) in [6, 6.07) is 10.4. The molecule has 0 fully saturated rings. The lowest BCUT2D eigenvalue weighted by Gasteiger charge is -2.09. The highest BCUT2D eigenvalue weighted by Gasteiger charge is 2.05. The Balaban J connectivity index is 2.31. The van der Waals surface area contributed by atoms with Crippen LogP contribution < -0.4 is 4.74 Å². The highest BCUT2D eigenvalue weighted by molar-refractivity contribution is 9.08. The first-order valence-electron chi connectivity index (χ1n) is 4.97. The van der Waals surface area contributed by atoms with Crippen LogP contribution in [0.3, 0.4) is 0 Å². The van der Waals surface area contributed by atoms with Crippen molar-refractivity contribution in [2.45, 2.75) is 5.33 Å². The highest BCUT2D eigenvalue weighted by Crippen LogP contribution is 2.27. The Bertz CT molecular complexity index is 508. The van der Waals surface area contributed by atoms with E-state index in [1.807, 2.05) is 12.1 Å². The van der Waals surface area contributed by atoms with E-state index >= 15 is 0 Å². The fourth-order valence-corrected chi connectivity index (χ4v) is 1.89. The fourth-order valence-electron chi connectivity index (χ4n) is 1.43. The van der Waals surface area contributed by atoms with Gasteiger partial charge in [-0.2, -0.15) is 0 Å². The van der Waals surface area contributed by atoms with Gasteiger partial charge in [0.25, 0.3) is 0 Å². The SMILES string of the molecule is Fc1cc(F)cc(Oc2ccccc2CBr)c1. The van der Waals surface area contributed by atoms with E-state index < -0.39 is 11.6 Å². The number of alkyl halides is 1. The van der Waals surface area contributed by atoms with Gasteiger partial charge in [0.15, 0.2) is 0 Å². The summed E-state index contributed by atoms with van der Waals surface area (Å²) in [4.78, 5) is 0. The summed E-state index contributed by atoms with van der Waals surface area (Å²) in [7, 11) is 0. The van der Waals surface area contributed by atoms with Crippen molar-refractivity contribution in [2.75, 3.05) is 0 Å². The van der Waals surface area contributed by atoms with E-state index in [1.54, 1.807) is 12.1 Å². The van der Waals surface area contributed by atoms with Gasteiger partial charge >= 0.3 is 0 Å². The van der Waals surface area contributed by atoms with Gasteiger partial charge in [0.05, 0.1) is 0 Å². The van der Waals surface area contributed by atoms with Gasteiger partial charge in [-0.05, 0) is 6.07 Å². The Morgan fingerprint density at radius 2 is 1.65 bits per heavy atom. The van der Waals surface area contributed by atoms with E-state index in [-0.39, 0.29) is 5.75 Å². The zero-order valence-corrected chi connectivity index (χ0v) is 10.4. The Morgan fingerprint density at radius 1 is 1.00 bits per heavy atom. The summed E-state index contributed by atoms with van der Waals surface area (Å²) < 4.78 is 31.4. The molecule has 0 amide bonds. The average Bonchev–Trinajstić information content (AvgIpc) is 2.28. The van der Waals surface area contributed by atoms with Crippen molar-refractivity contribution >= 4 is 15.9 Å². The predicted molar refractivity (Wildman–Crippen MR) is 65.5 cm³/mol. The molecule has 0 aliphatic rings. The van der Waals surface area contributed by atoms with Gasteiger partial charge in [0.1, 0.15) is 23.1 Å². The van der Waals surface area contributed by atoms with Crippen LogP contribution in [-0.2, 0) is 5.33 Å². The Morgan fingerprint density at radius 3 is 2.29 bits per heavy atom. The summed E-state index contributed by atoms with van der Waals surface area (Å²) in [5.41, 5.74) is 0.914. The lowest BCUT2D eigenvalue weighted by Crippen LogP contribution is -1.90. The topological polar surface area (TPSA) is 9.23 Å². The molecular weight excluding hydrogens is 290 g/mol. The summed E-state index contributed by atoms with van der Waals surface area (Å²) in [5.74, 6) is -0.585. The Kier molecular flexibility index (Phi) is 3.74. The van der Waals surface area contributed by atoms with E-state index in [0.717, 1.165) is 23.8 Å². The van der Waals surface area contributed by atoms with Crippen LogP contribution >= 0.6 is 15.9 Å². The number of hydrogen-bond acceptors (Lipinski definition) is 1. The van der Waals surface area contributed by atoms with Gasteiger partial charge in [0.2, 0.25) is 0 Å². The number of ether oxygens (including phenoxy) is 1. The summed E-state index contributed by atoms with van der Waals surface area (Å²) in [5, 5.41) is 0.612. The molecule has 4 heteroatoms. The van der Waals surface area contributed by atoms with Gasteiger partial charge in [-0.1, -0.05) is 34.1 Å². The van der Waals surface area contributed by atoms with Crippen LogP contribution in [0, 0.1) is 11.6 Å². The molecule has 0 saturated heterocycles. The smallest absolute Gasteiger partial charge is 0.133 e. The molecule has 0 bridgehead atoms. The third-order valence-electron chi connectivity index (χ3n) is 2.18. The first-order valence-corrected chi connectivity index (χ1v) is 6.09. The van der Waals surface area contributed by atoms with Gasteiger partial charge in [-0.15, -0.1) is 0 Å². The van der Waals surface area contributed by atoms with Crippen LogP contribution in [0.1, 0.15) is 5.56 Å². The van der Waals surface area contributed by atoms with Crippen LogP contribution in [0.15, 0.2) is 42.5 Å². The van der Waals surface area contributed by atoms with E-state index in [9.17, 15) is 8.78 Å². The quantitative estimate of drug-likeness (QED) is 0.749. The standard InChI is InChI=1S/C13H9BrF2O/c14-8-9-3-1-2-4-13(9)17-12-6-10(15)5-11(16)7-12/h1-7H,8H2. The lowest BCUT2D eigenvalue weighted by molar-refractivity contribution is 0.465. The van der Waals surface area contributed by atoms with Crippen LogP contribution in [0.5, 0.6) is 11.5 Å². The van der Waals surface area contributed by atoms with Crippen LogP contribution in [0.4, 0.5) is 8.78 Å². The van der Waals surface area contributed by atoms with Crippen LogP contribution in [0.25, 0.3) is 0 Å². The van der Waals surface area contributed by atoms with Gasteiger partial charge < -0.3 is 4.74 Å². The van der Waals surface area contributed by atoms with Gasteiger partial charge in [-0.25, -0.2) is 8.78 Å². The minimum absolute atomic E-state index is 0.149. The molecule has 88 valence electrons. The second-order valence-corrected chi connectivity index (χ2v) is 4.01. The zero-order valence-electron chi connectivity index (χ0n) is 8.79. The molecule has 1 nitrogen and oxygen atoms in total. The molecular formula is C13H9BrF2O. The first-order chi connectivity index (χ1) is 8.19. The largest absolute Gasteiger partial charge is 0.457 e. The molecule has 2 aromatic carbocycles. The predicted octanol–water partition coefficient (Wildman–Crippen LogP) is 4.65. The molecule has 0 unspecified atom stereocenters. The first kappa shape index (κ1) is 12.0. The molecule has 0 aliphatic carbocycles. The van der Waals surface area contributed by atoms with Crippen molar-refractivity contribution in [1.82, 2.24) is 0 Å². The summed E-state index contributed by atoms with van der Waals surface area (Å²) in [6.45, 7) is 0. The van der Waals surface area contributed by atoms with Crippen molar-refractivity contribution in [1.29, 1.82) is 0 Å². The van der Waals surface area contributed by atoms with Crippen molar-refractivity contribution in [2.24, 2.45) is 0 Å². The number of benzene rings is 2. The monoisotopic (exact) mass is 298 g/mol. The summed E-state index contributed by atoms with van der Waals surface area (Å²) in [6.07, 6.45) is 0. The summed E-state index contributed by atoms with van der Waals surface area (Å²) >= 11 is 3.32. The average molecular weight is 299 g/mol. The third-order valence-corrected chi connectivity index (χ3v) is 2.78. The molecule has 0 saturated carbocycles. The van der Waals surface area contributed by atoms with Gasteiger partial charge in [-0.3, -0.25) is 0 Å². The molecule has 0 N–H and O–H groups in total. The minimum atomic E-state index is -0.656. The van der Waals surface area contributed by atoms with E-state index in [1.165, 1.54) is 0 Å². The normalized spacial score (nSPS) is 10.3. The van der Waals surface area contributed by atoms with E-state index in [2.05, 4.69) is 15.9 Å². The van der Waals surface area contributed by atoms with Crippen molar-refractivity contribution < 1.29 is 13.5 Å². The highest BCUT2D eigenvalue weighted by atomic mass is 79.9. The number of hydrogen-bond donors (Lipinski definition) is 0. The molecule has 0 atom stereocenters. The number of para-hydroxylation sites is 1. The maximum Gasteiger partial charge on any atom is 0.133 e. The van der Waals surface area contributed by atoms with E-state index in [4.69, 9.17) is 4.74 Å². The molecule has 0 radical (unpaired) electrons. The molecule has 2 aromatic rings. The molecule has 0 aromatic heterocycles. The third kappa shape index (κ3) is 3.03. The molecule has 2 rings (SSSR count). The second-order valence-electron chi connectivity index (χ2n) is 3.45. The second kappa shape index (κ2) is 5.27. The maximum absolute atomic E-state index is 13.0.